The Morgan fingerprint density at radius 1 is 1.39 bits per heavy atom. The van der Waals surface area contributed by atoms with E-state index in [1.54, 1.807) is 6.92 Å². The number of nitrogens with one attached hydrogen (secondary N) is 2. The van der Waals surface area contributed by atoms with E-state index in [-0.39, 0.29) is 24.9 Å². The summed E-state index contributed by atoms with van der Waals surface area (Å²) in [6, 6.07) is -0.280. The molecule has 0 bridgehead atoms. The van der Waals surface area contributed by atoms with Gasteiger partial charge in [-0.3, -0.25) is 9.69 Å². The van der Waals surface area contributed by atoms with Gasteiger partial charge in [-0.05, 0) is 13.3 Å². The maximum atomic E-state index is 11.9. The van der Waals surface area contributed by atoms with E-state index in [4.69, 9.17) is 0 Å². The van der Waals surface area contributed by atoms with Crippen LogP contribution in [0.15, 0.2) is 0 Å². The van der Waals surface area contributed by atoms with Gasteiger partial charge in [-0.2, -0.15) is 13.2 Å². The first-order valence-corrected chi connectivity index (χ1v) is 6.19. The number of rotatable bonds is 5. The first kappa shape index (κ1) is 15.2. The van der Waals surface area contributed by atoms with Crippen LogP contribution in [0.25, 0.3) is 0 Å². The maximum absolute atomic E-state index is 11.9. The van der Waals surface area contributed by atoms with Crippen LogP contribution in [0.3, 0.4) is 0 Å². The van der Waals surface area contributed by atoms with Crippen molar-refractivity contribution < 1.29 is 18.0 Å². The number of amides is 1. The molecule has 1 atom stereocenters. The Morgan fingerprint density at radius 2 is 2.00 bits per heavy atom. The minimum Gasteiger partial charge on any atom is -0.355 e. The molecule has 0 aromatic rings. The van der Waals surface area contributed by atoms with Crippen molar-refractivity contribution in [1.29, 1.82) is 0 Å². The molecule has 1 heterocycles. The summed E-state index contributed by atoms with van der Waals surface area (Å²) < 4.78 is 35.7. The maximum Gasteiger partial charge on any atom is 0.389 e. The monoisotopic (exact) mass is 267 g/mol. The molecule has 1 fully saturated rings. The zero-order valence-corrected chi connectivity index (χ0v) is 10.5. The Hall–Kier alpha value is -0.820. The second-order valence-electron chi connectivity index (χ2n) is 4.47. The van der Waals surface area contributed by atoms with Crippen LogP contribution in [-0.2, 0) is 4.79 Å². The molecule has 1 rings (SSSR count). The van der Waals surface area contributed by atoms with E-state index in [1.165, 1.54) is 0 Å². The van der Waals surface area contributed by atoms with Crippen molar-refractivity contribution in [1.82, 2.24) is 15.5 Å². The molecule has 0 aromatic carbocycles. The molecule has 0 aromatic heterocycles. The minimum atomic E-state index is -4.14. The van der Waals surface area contributed by atoms with Gasteiger partial charge in [0.05, 0.1) is 6.04 Å². The normalized spacial score (nSPS) is 19.6. The van der Waals surface area contributed by atoms with Crippen LogP contribution in [0.1, 0.15) is 19.8 Å². The highest BCUT2D eigenvalue weighted by Gasteiger charge is 2.26. The highest BCUT2D eigenvalue weighted by Crippen LogP contribution is 2.20. The Balaban J connectivity index is 2.19. The Bertz CT molecular complexity index is 265. The third-order valence-corrected chi connectivity index (χ3v) is 3.02. The van der Waals surface area contributed by atoms with Gasteiger partial charge < -0.3 is 10.6 Å². The van der Waals surface area contributed by atoms with Crippen molar-refractivity contribution in [2.45, 2.75) is 32.0 Å². The highest BCUT2D eigenvalue weighted by atomic mass is 19.4. The van der Waals surface area contributed by atoms with Crippen LogP contribution in [0.2, 0.25) is 0 Å². The molecule has 7 heteroatoms. The van der Waals surface area contributed by atoms with E-state index < -0.39 is 12.6 Å². The lowest BCUT2D eigenvalue weighted by Crippen LogP contribution is -2.52. The van der Waals surface area contributed by atoms with E-state index in [0.717, 1.165) is 26.2 Å². The van der Waals surface area contributed by atoms with Gasteiger partial charge in [0.2, 0.25) is 5.91 Å². The summed E-state index contributed by atoms with van der Waals surface area (Å²) in [6.07, 6.45) is -5.06. The van der Waals surface area contributed by atoms with E-state index in [1.807, 2.05) is 4.90 Å². The lowest BCUT2D eigenvalue weighted by atomic mass is 10.2. The van der Waals surface area contributed by atoms with Crippen LogP contribution in [0, 0.1) is 0 Å². The van der Waals surface area contributed by atoms with Crippen LogP contribution in [0.5, 0.6) is 0 Å². The number of hydrogen-bond donors (Lipinski definition) is 2. The van der Waals surface area contributed by atoms with Crippen LogP contribution < -0.4 is 10.6 Å². The molecule has 0 spiro atoms. The van der Waals surface area contributed by atoms with E-state index in [2.05, 4.69) is 10.6 Å². The number of halogens is 3. The van der Waals surface area contributed by atoms with Crippen molar-refractivity contribution in [2.24, 2.45) is 0 Å². The summed E-state index contributed by atoms with van der Waals surface area (Å²) >= 11 is 0. The summed E-state index contributed by atoms with van der Waals surface area (Å²) in [4.78, 5) is 13.7. The Morgan fingerprint density at radius 3 is 2.56 bits per heavy atom. The summed E-state index contributed by atoms with van der Waals surface area (Å²) in [5, 5.41) is 5.73. The molecule has 1 aliphatic heterocycles. The molecule has 1 unspecified atom stereocenters. The smallest absolute Gasteiger partial charge is 0.355 e. The van der Waals surface area contributed by atoms with E-state index in [9.17, 15) is 18.0 Å². The van der Waals surface area contributed by atoms with Crippen molar-refractivity contribution in [2.75, 3.05) is 32.7 Å². The minimum absolute atomic E-state index is 0.0660. The SMILES string of the molecule is CC(C(=O)NCCCC(F)(F)F)N1CCNCC1. The fraction of sp³-hybridized carbons (Fsp3) is 0.909. The molecule has 0 radical (unpaired) electrons. The van der Waals surface area contributed by atoms with Crippen LogP contribution in [0.4, 0.5) is 13.2 Å². The van der Waals surface area contributed by atoms with Crippen molar-refractivity contribution in [3.05, 3.63) is 0 Å². The van der Waals surface area contributed by atoms with Crippen molar-refractivity contribution >= 4 is 5.91 Å². The number of piperazine rings is 1. The topological polar surface area (TPSA) is 44.4 Å². The first-order chi connectivity index (χ1) is 8.40. The molecule has 1 aliphatic rings. The van der Waals surface area contributed by atoms with Crippen LogP contribution in [-0.4, -0.2) is 55.7 Å². The van der Waals surface area contributed by atoms with Gasteiger partial charge in [0.15, 0.2) is 0 Å². The summed E-state index contributed by atoms with van der Waals surface area (Å²) in [6.45, 7) is 5.12. The Labute approximate surface area is 105 Å². The Kier molecular flexibility index (Phi) is 5.87. The number of carbonyl (C=O) groups is 1. The average Bonchev–Trinajstić information content (AvgIpc) is 2.33. The number of carbonyl (C=O) groups excluding carboxylic acids is 1. The predicted molar refractivity (Wildman–Crippen MR) is 62.2 cm³/mol. The van der Waals surface area contributed by atoms with Crippen LogP contribution >= 0.6 is 0 Å². The van der Waals surface area contributed by atoms with Gasteiger partial charge in [0.25, 0.3) is 0 Å². The lowest BCUT2D eigenvalue weighted by Gasteiger charge is -2.31. The molecule has 2 N–H and O–H groups in total. The molecule has 1 amide bonds. The second kappa shape index (κ2) is 6.94. The van der Waals surface area contributed by atoms with Crippen molar-refractivity contribution in [3.63, 3.8) is 0 Å². The molecule has 1 saturated heterocycles. The van der Waals surface area contributed by atoms with Crippen molar-refractivity contribution in [3.8, 4) is 0 Å². The zero-order chi connectivity index (χ0) is 13.6. The number of nitrogens with zero attached hydrogens (tertiary/aromatic N) is 1. The molecular weight excluding hydrogens is 247 g/mol. The summed E-state index contributed by atoms with van der Waals surface area (Å²) in [7, 11) is 0. The average molecular weight is 267 g/mol. The first-order valence-electron chi connectivity index (χ1n) is 6.19. The number of hydrogen-bond acceptors (Lipinski definition) is 3. The largest absolute Gasteiger partial charge is 0.389 e. The molecular formula is C11H20F3N3O. The molecule has 0 saturated carbocycles. The second-order valence-corrected chi connectivity index (χ2v) is 4.47. The number of alkyl halides is 3. The van der Waals surface area contributed by atoms with Gasteiger partial charge in [-0.25, -0.2) is 0 Å². The van der Waals surface area contributed by atoms with E-state index >= 15 is 0 Å². The summed E-state index contributed by atoms with van der Waals surface area (Å²) in [5.41, 5.74) is 0. The third-order valence-electron chi connectivity index (χ3n) is 3.02. The summed E-state index contributed by atoms with van der Waals surface area (Å²) in [5.74, 6) is -0.195. The fourth-order valence-corrected chi connectivity index (χ4v) is 1.88. The molecule has 4 nitrogen and oxygen atoms in total. The fourth-order valence-electron chi connectivity index (χ4n) is 1.88. The zero-order valence-electron chi connectivity index (χ0n) is 10.5. The van der Waals surface area contributed by atoms with Gasteiger partial charge in [0.1, 0.15) is 0 Å². The molecule has 106 valence electrons. The molecule has 0 aliphatic carbocycles. The van der Waals surface area contributed by atoms with Gasteiger partial charge in [0, 0.05) is 39.1 Å². The standard InChI is InChI=1S/C11H20F3N3O/c1-9(17-7-5-15-6-8-17)10(18)16-4-2-3-11(12,13)14/h9,15H,2-8H2,1H3,(H,16,18). The highest BCUT2D eigenvalue weighted by molar-refractivity contribution is 5.81. The molecule has 18 heavy (non-hydrogen) atoms. The third kappa shape index (κ3) is 5.68. The van der Waals surface area contributed by atoms with Gasteiger partial charge in [-0.15, -0.1) is 0 Å². The lowest BCUT2D eigenvalue weighted by molar-refractivity contribution is -0.136. The van der Waals surface area contributed by atoms with Gasteiger partial charge in [-0.1, -0.05) is 0 Å². The quantitative estimate of drug-likeness (QED) is 0.722. The van der Waals surface area contributed by atoms with E-state index in [0.29, 0.717) is 0 Å². The predicted octanol–water partition coefficient (Wildman–Crippen LogP) is 0.739. The van der Waals surface area contributed by atoms with Gasteiger partial charge >= 0.3 is 6.18 Å².